The molecule has 0 atom stereocenters. The van der Waals surface area contributed by atoms with Gasteiger partial charge in [0.25, 0.3) is 20.2 Å². The number of methoxy groups -OCH3 is 1. The number of hydrogen-bond acceptors (Lipinski definition) is 7. The Hall–Kier alpha value is -2.51. The molecule has 0 saturated heterocycles. The van der Waals surface area contributed by atoms with Gasteiger partial charge in [-0.3, -0.25) is 9.11 Å². The number of nitrogens with zero attached hydrogens (tertiary/aromatic N) is 2. The summed E-state index contributed by atoms with van der Waals surface area (Å²) in [6.45, 7) is 1.93. The number of fused-ring (bicyclic) bond motifs is 2. The molecule has 3 N–H and O–H groups in total. The Morgan fingerprint density at radius 1 is 1.03 bits per heavy atom. The van der Waals surface area contributed by atoms with Gasteiger partial charge in [0.15, 0.2) is 0 Å². The lowest BCUT2D eigenvalue weighted by Gasteiger charge is -2.24. The molecule has 0 fully saturated rings. The first kappa shape index (κ1) is 29.7. The molecule has 0 radical (unpaired) electrons. The fourth-order valence-electron chi connectivity index (χ4n) is 4.05. The molecule has 0 spiro atoms. The fraction of sp³-hybridized carbons (Fsp3) is 0.458. The van der Waals surface area contributed by atoms with E-state index < -0.39 is 20.2 Å². The molecule has 0 bridgehead atoms. The van der Waals surface area contributed by atoms with Gasteiger partial charge in [-0.05, 0) is 68.0 Å². The summed E-state index contributed by atoms with van der Waals surface area (Å²) in [5.41, 5.74) is 7.70. The Morgan fingerprint density at radius 3 is 2.31 bits per heavy atom. The highest BCUT2D eigenvalue weighted by molar-refractivity contribution is 7.85. The number of aromatic amines is 1. The maximum absolute atomic E-state index is 9.19. The Labute approximate surface area is 213 Å². The molecule has 36 heavy (non-hydrogen) atoms. The number of nitrogens with one attached hydrogen (secondary N) is 1. The SMILES string of the molecule is COc1c(CN(C)CCc2ccc3nc[nH]c3c2)ccc2c1CCCC2.CS(=O)(=O)O.CS(=O)(=O)O. The van der Waals surface area contributed by atoms with Gasteiger partial charge in [-0.25, -0.2) is 4.98 Å². The predicted molar refractivity (Wildman–Crippen MR) is 141 cm³/mol. The summed E-state index contributed by atoms with van der Waals surface area (Å²) in [5.74, 6) is 1.12. The van der Waals surface area contributed by atoms with E-state index >= 15 is 0 Å². The molecule has 1 aromatic heterocycles. The molecule has 1 heterocycles. The number of likely N-dealkylation sites (N-methyl/N-ethyl adjacent to an activating group) is 1. The summed E-state index contributed by atoms with van der Waals surface area (Å²) in [7, 11) is -3.33. The number of hydrogen-bond donors (Lipinski definition) is 3. The smallest absolute Gasteiger partial charge is 0.261 e. The van der Waals surface area contributed by atoms with Crippen molar-refractivity contribution < 1.29 is 30.7 Å². The summed E-state index contributed by atoms with van der Waals surface area (Å²) in [5, 5.41) is 0. The van der Waals surface area contributed by atoms with Gasteiger partial charge >= 0.3 is 0 Å². The molecule has 1 aliphatic rings. The van der Waals surface area contributed by atoms with Crippen LogP contribution in [0.3, 0.4) is 0 Å². The molecule has 0 amide bonds. The molecular weight excluding hydrogens is 506 g/mol. The molecule has 12 heteroatoms. The molecule has 10 nitrogen and oxygen atoms in total. The largest absolute Gasteiger partial charge is 0.496 e. The van der Waals surface area contributed by atoms with Crippen LogP contribution in [-0.4, -0.2) is 74.0 Å². The first-order valence-electron chi connectivity index (χ1n) is 11.4. The third kappa shape index (κ3) is 11.0. The Morgan fingerprint density at radius 2 is 1.67 bits per heavy atom. The highest BCUT2D eigenvalue weighted by Gasteiger charge is 2.18. The van der Waals surface area contributed by atoms with E-state index in [-0.39, 0.29) is 0 Å². The van der Waals surface area contributed by atoms with Crippen molar-refractivity contribution in [3.63, 3.8) is 0 Å². The predicted octanol–water partition coefficient (Wildman–Crippen LogP) is 3.13. The number of aryl methyl sites for hydroxylation is 1. The summed E-state index contributed by atoms with van der Waals surface area (Å²) < 4.78 is 57.5. The van der Waals surface area contributed by atoms with Gasteiger partial charge in [0.05, 0.1) is 37.0 Å². The molecule has 0 unspecified atom stereocenters. The monoisotopic (exact) mass is 541 g/mol. The summed E-state index contributed by atoms with van der Waals surface area (Å²) in [4.78, 5) is 9.85. The minimum absolute atomic E-state index is 0.715. The minimum Gasteiger partial charge on any atom is -0.496 e. The molecule has 0 saturated carbocycles. The maximum atomic E-state index is 9.19. The van der Waals surface area contributed by atoms with Crippen LogP contribution in [0, 0.1) is 0 Å². The van der Waals surface area contributed by atoms with Gasteiger partial charge in [-0.15, -0.1) is 0 Å². The van der Waals surface area contributed by atoms with E-state index in [0.717, 1.165) is 42.7 Å². The zero-order chi connectivity index (χ0) is 26.9. The number of benzene rings is 2. The van der Waals surface area contributed by atoms with Crippen molar-refractivity contribution in [3.05, 3.63) is 58.9 Å². The minimum atomic E-state index is -3.67. The van der Waals surface area contributed by atoms with E-state index in [1.165, 1.54) is 41.5 Å². The third-order valence-electron chi connectivity index (χ3n) is 5.47. The average molecular weight is 542 g/mol. The zero-order valence-corrected chi connectivity index (χ0v) is 22.7. The van der Waals surface area contributed by atoms with E-state index in [0.29, 0.717) is 12.5 Å². The van der Waals surface area contributed by atoms with Crippen molar-refractivity contribution in [3.8, 4) is 5.75 Å². The topological polar surface area (TPSA) is 150 Å². The molecule has 4 rings (SSSR count). The van der Waals surface area contributed by atoms with Crippen molar-refractivity contribution in [1.29, 1.82) is 0 Å². The highest BCUT2D eigenvalue weighted by Crippen LogP contribution is 2.33. The van der Waals surface area contributed by atoms with Crippen molar-refractivity contribution in [1.82, 2.24) is 14.9 Å². The standard InChI is InChI=1S/C22H27N3O.2CH4O3S/c1-25(12-11-16-7-10-20-21(13-16)24-15-23-20)14-18-9-8-17-5-3-4-6-19(17)22(18)26-2;2*1-5(2,3)4/h7-10,13,15H,3-6,11-12,14H2,1-2H3,(H,23,24);2*1H3,(H,2,3,4). The summed E-state index contributed by atoms with van der Waals surface area (Å²) in [6, 6.07) is 11.0. The van der Waals surface area contributed by atoms with Crippen LogP contribution in [0.1, 0.15) is 35.1 Å². The van der Waals surface area contributed by atoms with Crippen LogP contribution in [0.15, 0.2) is 36.7 Å². The lowest BCUT2D eigenvalue weighted by molar-refractivity contribution is 0.319. The Bertz CT molecular complexity index is 1310. The Kier molecular flexibility index (Phi) is 10.9. The average Bonchev–Trinajstić information content (AvgIpc) is 3.23. The maximum Gasteiger partial charge on any atom is 0.261 e. The first-order chi connectivity index (χ1) is 16.7. The van der Waals surface area contributed by atoms with Crippen molar-refractivity contribution in [2.75, 3.05) is 33.2 Å². The van der Waals surface area contributed by atoms with Crippen molar-refractivity contribution >= 4 is 31.3 Å². The molecule has 1 aliphatic carbocycles. The number of ether oxygens (including phenoxy) is 1. The van der Waals surface area contributed by atoms with Gasteiger partial charge in [-0.2, -0.15) is 16.8 Å². The molecular formula is C24H35N3O7S2. The van der Waals surface area contributed by atoms with Gasteiger partial charge in [-0.1, -0.05) is 18.2 Å². The number of H-pyrrole nitrogens is 1. The summed E-state index contributed by atoms with van der Waals surface area (Å²) in [6.07, 6.45) is 9.13. The first-order valence-corrected chi connectivity index (χ1v) is 15.1. The molecule has 0 aliphatic heterocycles. The van der Waals surface area contributed by atoms with Gasteiger partial charge < -0.3 is 14.6 Å². The van der Waals surface area contributed by atoms with E-state index in [9.17, 15) is 16.8 Å². The van der Waals surface area contributed by atoms with Crippen molar-refractivity contribution in [2.45, 2.75) is 38.6 Å². The normalized spacial score (nSPS) is 13.3. The second kappa shape index (κ2) is 13.2. The van der Waals surface area contributed by atoms with Crippen LogP contribution in [0.5, 0.6) is 5.75 Å². The zero-order valence-electron chi connectivity index (χ0n) is 21.1. The van der Waals surface area contributed by atoms with E-state index in [1.54, 1.807) is 6.33 Å². The molecule has 3 aromatic rings. The van der Waals surface area contributed by atoms with E-state index in [1.807, 2.05) is 7.11 Å². The second-order valence-electron chi connectivity index (χ2n) is 8.81. The molecule has 2 aromatic carbocycles. The van der Waals surface area contributed by atoms with E-state index in [4.69, 9.17) is 13.8 Å². The van der Waals surface area contributed by atoms with Crippen LogP contribution in [-0.2, 0) is 46.0 Å². The lowest BCUT2D eigenvalue weighted by atomic mass is 9.89. The van der Waals surface area contributed by atoms with Gasteiger partial charge in [0, 0.05) is 18.7 Å². The van der Waals surface area contributed by atoms with Gasteiger partial charge in [0.1, 0.15) is 5.75 Å². The van der Waals surface area contributed by atoms with E-state index in [2.05, 4.69) is 52.2 Å². The van der Waals surface area contributed by atoms with Crippen LogP contribution in [0.4, 0.5) is 0 Å². The van der Waals surface area contributed by atoms with Crippen LogP contribution in [0.2, 0.25) is 0 Å². The third-order valence-corrected chi connectivity index (χ3v) is 5.47. The number of imidazole rings is 1. The number of aromatic nitrogens is 2. The van der Waals surface area contributed by atoms with Gasteiger partial charge in [0.2, 0.25) is 0 Å². The quantitative estimate of drug-likeness (QED) is 0.400. The fourth-order valence-corrected chi connectivity index (χ4v) is 4.05. The summed E-state index contributed by atoms with van der Waals surface area (Å²) >= 11 is 0. The second-order valence-corrected chi connectivity index (χ2v) is 11.7. The van der Waals surface area contributed by atoms with Crippen molar-refractivity contribution in [2.24, 2.45) is 0 Å². The van der Waals surface area contributed by atoms with Crippen LogP contribution >= 0.6 is 0 Å². The molecule has 200 valence electrons. The van der Waals surface area contributed by atoms with Crippen LogP contribution < -0.4 is 4.74 Å². The number of rotatable bonds is 6. The Balaban J connectivity index is 0.000000389. The highest BCUT2D eigenvalue weighted by atomic mass is 32.2. The van der Waals surface area contributed by atoms with Crippen LogP contribution in [0.25, 0.3) is 11.0 Å². The lowest BCUT2D eigenvalue weighted by Crippen LogP contribution is -2.21.